The van der Waals surface area contributed by atoms with Gasteiger partial charge in [0.2, 0.25) is 11.8 Å². The molecule has 2 aromatic heterocycles. The number of ether oxygens (including phenoxy) is 2. The van der Waals surface area contributed by atoms with Crippen LogP contribution < -0.4 is 0 Å². The van der Waals surface area contributed by atoms with Crippen molar-refractivity contribution < 1.29 is 28.7 Å². The Morgan fingerprint density at radius 2 is 1.07 bits per heavy atom. The fraction of sp³-hybridized carbons (Fsp3) is 0.500. The third-order valence-corrected chi connectivity index (χ3v) is 11.2. The molecule has 4 heterocycles. The smallest absolute Gasteiger partial charge is 0.409 e. The summed E-state index contributed by atoms with van der Waals surface area (Å²) < 4.78 is 9.84. The first kappa shape index (κ1) is 41.6. The molecule has 6 rings (SSSR count). The number of nitrogens with zero attached hydrogens (tertiary/aromatic N) is 6. The predicted octanol–water partition coefficient (Wildman–Crippen LogP) is 6.11. The Morgan fingerprint density at radius 3 is 1.41 bits per heavy atom. The molecule has 4 aromatic rings. The number of amides is 4. The highest BCUT2D eigenvalue weighted by Gasteiger charge is 2.43. The Labute approximate surface area is 340 Å². The van der Waals surface area contributed by atoms with Gasteiger partial charge >= 0.3 is 12.2 Å². The Balaban J connectivity index is 1.17. The van der Waals surface area contributed by atoms with E-state index in [9.17, 15) is 19.2 Å². The van der Waals surface area contributed by atoms with E-state index in [1.807, 2.05) is 73.9 Å². The van der Waals surface area contributed by atoms with E-state index in [1.165, 1.54) is 24.0 Å². The van der Waals surface area contributed by atoms with Crippen LogP contribution in [0.2, 0.25) is 0 Å². The van der Waals surface area contributed by atoms with Gasteiger partial charge in [-0.1, -0.05) is 53.4 Å². The number of carbonyl (C=O) groups is 4. The lowest BCUT2D eigenvalue weighted by Gasteiger charge is -2.34. The van der Waals surface area contributed by atoms with E-state index in [-0.39, 0.29) is 47.6 Å². The van der Waals surface area contributed by atoms with Gasteiger partial charge in [0.05, 0.1) is 48.4 Å². The summed E-state index contributed by atoms with van der Waals surface area (Å²) in [4.78, 5) is 75.6. The maximum absolute atomic E-state index is 13.9. The molecule has 2 aromatic carbocycles. The fourth-order valence-corrected chi connectivity index (χ4v) is 8.49. The van der Waals surface area contributed by atoms with Gasteiger partial charge in [-0.05, 0) is 84.8 Å². The third-order valence-electron chi connectivity index (χ3n) is 11.2. The minimum absolute atomic E-state index is 0.113. The van der Waals surface area contributed by atoms with Crippen LogP contribution in [0, 0.1) is 47.4 Å². The van der Waals surface area contributed by atoms with Crippen molar-refractivity contribution in [3.05, 3.63) is 59.2 Å². The van der Waals surface area contributed by atoms with Gasteiger partial charge in [-0.25, -0.2) is 19.6 Å². The molecule has 2 aliphatic heterocycles. The number of imidazole rings is 2. The van der Waals surface area contributed by atoms with Crippen LogP contribution in [0.5, 0.6) is 0 Å². The topological polar surface area (TPSA) is 157 Å². The largest absolute Gasteiger partial charge is 0.453 e. The molecule has 58 heavy (non-hydrogen) atoms. The highest BCUT2D eigenvalue weighted by Crippen LogP contribution is 2.38. The molecule has 0 aliphatic carbocycles. The van der Waals surface area contributed by atoms with Gasteiger partial charge < -0.3 is 29.2 Å². The van der Waals surface area contributed by atoms with Gasteiger partial charge in [-0.3, -0.25) is 19.4 Å². The van der Waals surface area contributed by atoms with E-state index < -0.39 is 24.3 Å². The molecule has 4 amide bonds. The number of methoxy groups -OCH3 is 2. The molecule has 0 radical (unpaired) electrons. The Hall–Kier alpha value is -6.02. The lowest BCUT2D eigenvalue weighted by atomic mass is 10.0. The van der Waals surface area contributed by atoms with Gasteiger partial charge in [0, 0.05) is 38.3 Å². The van der Waals surface area contributed by atoms with E-state index in [4.69, 9.17) is 19.4 Å². The zero-order valence-corrected chi connectivity index (χ0v) is 35.0. The lowest BCUT2D eigenvalue weighted by Crippen LogP contribution is -2.52. The molecule has 0 bridgehead atoms. The summed E-state index contributed by atoms with van der Waals surface area (Å²) in [6.07, 6.45) is 0.399. The molecule has 306 valence electrons. The van der Waals surface area contributed by atoms with Crippen molar-refractivity contribution >= 4 is 46.1 Å². The van der Waals surface area contributed by atoms with E-state index in [0.29, 0.717) is 24.7 Å². The van der Waals surface area contributed by atoms with Crippen LogP contribution in [0.3, 0.4) is 0 Å². The summed E-state index contributed by atoms with van der Waals surface area (Å²) in [5.41, 5.74) is 4.68. The molecule has 0 saturated carbocycles. The summed E-state index contributed by atoms with van der Waals surface area (Å²) in [7, 11) is 5.82. The normalized spacial score (nSPS) is 20.1. The molecule has 6 atom stereocenters. The maximum atomic E-state index is 13.9. The first-order valence-corrected chi connectivity index (χ1v) is 19.9. The van der Waals surface area contributed by atoms with E-state index in [1.54, 1.807) is 14.1 Å². The molecule has 14 nitrogen and oxygen atoms in total. The van der Waals surface area contributed by atoms with Crippen molar-refractivity contribution in [3.63, 3.8) is 0 Å². The van der Waals surface area contributed by atoms with Crippen molar-refractivity contribution in [2.45, 2.75) is 78.6 Å². The number of likely N-dealkylation sites (N-methyl/N-ethyl adjacent to an activating group) is 2. The number of carbonyl (C=O) groups excluding carboxylic acids is 4. The van der Waals surface area contributed by atoms with Crippen molar-refractivity contribution in [1.29, 1.82) is 0 Å². The van der Waals surface area contributed by atoms with Crippen molar-refractivity contribution in [2.24, 2.45) is 23.7 Å². The molecule has 14 heteroatoms. The second kappa shape index (κ2) is 17.2. The molecular weight excluding hydrogens is 737 g/mol. The van der Waals surface area contributed by atoms with Crippen LogP contribution in [-0.2, 0) is 19.1 Å². The van der Waals surface area contributed by atoms with E-state index >= 15 is 0 Å². The van der Waals surface area contributed by atoms with Crippen LogP contribution in [-0.4, -0.2) is 117 Å². The minimum Gasteiger partial charge on any atom is -0.453 e. The number of aromatic nitrogens is 4. The lowest BCUT2D eigenvalue weighted by molar-refractivity contribution is -0.139. The average Bonchev–Trinajstić information content (AvgIpc) is 3.99. The molecular formula is C44H54N8O6. The fourth-order valence-electron chi connectivity index (χ4n) is 8.49. The number of hydrogen-bond donors (Lipinski definition) is 2. The Kier molecular flexibility index (Phi) is 12.4. The van der Waals surface area contributed by atoms with Gasteiger partial charge in [0.1, 0.15) is 23.7 Å². The Bertz CT molecular complexity index is 2160. The number of H-pyrrole nitrogens is 2. The number of likely N-dealkylation sites (tertiary alicyclic amines) is 2. The number of aromatic amines is 2. The van der Waals surface area contributed by atoms with Gasteiger partial charge in [0.15, 0.2) is 0 Å². The zero-order valence-electron chi connectivity index (χ0n) is 35.0. The van der Waals surface area contributed by atoms with Crippen LogP contribution >= 0.6 is 0 Å². The number of fused-ring (bicyclic) bond motifs is 2. The first-order valence-electron chi connectivity index (χ1n) is 19.9. The maximum Gasteiger partial charge on any atom is 0.409 e. The van der Waals surface area contributed by atoms with Gasteiger partial charge in [0.25, 0.3) is 0 Å². The van der Waals surface area contributed by atoms with Gasteiger partial charge in [-0.2, -0.15) is 0 Å². The van der Waals surface area contributed by atoms with Crippen LogP contribution in [0.1, 0.15) is 89.2 Å². The van der Waals surface area contributed by atoms with Crippen molar-refractivity contribution in [2.75, 3.05) is 41.4 Å². The summed E-state index contributed by atoms with van der Waals surface area (Å²) in [5.74, 6) is 13.6. The molecule has 0 spiro atoms. The van der Waals surface area contributed by atoms with E-state index in [0.717, 1.165) is 46.0 Å². The Morgan fingerprint density at radius 1 is 0.690 bits per heavy atom. The minimum atomic E-state index is -0.665. The summed E-state index contributed by atoms with van der Waals surface area (Å²) >= 11 is 0. The second-order valence-electron chi connectivity index (χ2n) is 16.4. The van der Waals surface area contributed by atoms with E-state index in [2.05, 4.69) is 47.5 Å². The highest BCUT2D eigenvalue weighted by atomic mass is 16.5. The zero-order chi connectivity index (χ0) is 42.0. The average molecular weight is 791 g/mol. The molecule has 0 unspecified atom stereocenters. The second-order valence-corrected chi connectivity index (χ2v) is 16.4. The number of nitrogens with one attached hydrogen (secondary N) is 2. The number of hydrogen-bond acceptors (Lipinski definition) is 8. The number of benzene rings is 2. The quantitative estimate of drug-likeness (QED) is 0.203. The van der Waals surface area contributed by atoms with Crippen LogP contribution in [0.15, 0.2) is 36.4 Å². The molecule has 2 aliphatic rings. The SMILES string of the molecule is COC(=O)N(C)[C@H](C(=O)N1C[C@@H](C)C[C@H]1c1nc2ccc(C#CC#Cc3ccc4nc([C@@H]5C[C@H](C)CN5C(=O)[C@H](C(C)C)N(C)C(=O)OC)[nH]c4c3)cc2[nH]1)C(C)C. The predicted molar refractivity (Wildman–Crippen MR) is 220 cm³/mol. The number of rotatable bonds is 8. The highest BCUT2D eigenvalue weighted by molar-refractivity contribution is 5.88. The monoisotopic (exact) mass is 790 g/mol. The van der Waals surface area contributed by atoms with Crippen LogP contribution in [0.4, 0.5) is 9.59 Å². The van der Waals surface area contributed by atoms with Crippen molar-refractivity contribution in [1.82, 2.24) is 39.5 Å². The standard InChI is InChI=1S/C44H54N8O6/c1-25(2)37(49(7)43(55)57-9)41(53)51-23-27(5)19-35(51)39-45-31-17-15-29(21-33(31)47-39)13-11-12-14-30-16-18-32-34(22-30)48-40(46-32)36-20-28(6)24-52(36)42(54)38(26(3)4)50(8)44(56)58-10/h15-18,21-22,25-28,35-38H,19-20,23-24H2,1-10H3,(H,45,47)(H,46,48)/t27-,28-,35-,36-,37-,38-/m0/s1. The third kappa shape index (κ3) is 8.47. The summed E-state index contributed by atoms with van der Waals surface area (Å²) in [5, 5.41) is 0. The summed E-state index contributed by atoms with van der Waals surface area (Å²) in [6.45, 7) is 13.1. The molecule has 2 saturated heterocycles. The summed E-state index contributed by atoms with van der Waals surface area (Å²) in [6, 6.07) is 9.62. The molecule has 2 N–H and O–H groups in total. The van der Waals surface area contributed by atoms with Crippen LogP contribution in [0.25, 0.3) is 22.1 Å². The molecule has 2 fully saturated rings. The van der Waals surface area contributed by atoms with Gasteiger partial charge in [-0.15, -0.1) is 0 Å². The first-order chi connectivity index (χ1) is 27.6. The van der Waals surface area contributed by atoms with Crippen molar-refractivity contribution in [3.8, 4) is 23.7 Å².